The number of aromatic amines is 1. The summed E-state index contributed by atoms with van der Waals surface area (Å²) in [5, 5.41) is 25.4. The van der Waals surface area contributed by atoms with Crippen molar-refractivity contribution in [2.24, 2.45) is 11.7 Å². The lowest BCUT2D eigenvalue weighted by Crippen LogP contribution is -2.25. The highest BCUT2D eigenvalue weighted by Gasteiger charge is 2.11. The summed E-state index contributed by atoms with van der Waals surface area (Å²) in [5.74, 6) is -0.156. The fourth-order valence-corrected chi connectivity index (χ4v) is 1.70. The molecule has 23 heavy (non-hydrogen) atoms. The van der Waals surface area contributed by atoms with E-state index in [0.717, 1.165) is 0 Å². The summed E-state index contributed by atoms with van der Waals surface area (Å²) in [7, 11) is 0. The quantitative estimate of drug-likeness (QED) is 0.235. The Bertz CT molecular complexity index is 694. The number of imidazole rings is 1. The number of aliphatic hydroxyl groups excluding tert-OH is 2. The average molecular weight is 329 g/mol. The number of carbonyl (C=O) groups is 1. The highest BCUT2D eigenvalue weighted by Crippen LogP contribution is 2.10. The zero-order valence-corrected chi connectivity index (χ0v) is 12.1. The first-order valence-corrected chi connectivity index (χ1v) is 6.54. The van der Waals surface area contributed by atoms with Crippen molar-refractivity contribution in [2.75, 3.05) is 18.9 Å². The number of nitrogens with two attached hydrogens (primary N) is 2. The summed E-state index contributed by atoms with van der Waals surface area (Å²) < 4.78 is 1.68. The van der Waals surface area contributed by atoms with E-state index < -0.39 is 6.03 Å². The van der Waals surface area contributed by atoms with Gasteiger partial charge in [-0.1, -0.05) is 0 Å². The molecule has 0 spiro atoms. The van der Waals surface area contributed by atoms with Crippen LogP contribution >= 0.6 is 0 Å². The predicted molar refractivity (Wildman–Crippen MR) is 79.3 cm³/mol. The van der Waals surface area contributed by atoms with E-state index in [1.54, 1.807) is 4.57 Å². The summed E-state index contributed by atoms with van der Waals surface area (Å²) in [4.78, 5) is 31.1. The first-order valence-electron chi connectivity index (χ1n) is 6.54. The van der Waals surface area contributed by atoms with Crippen LogP contribution in [0.3, 0.4) is 0 Å². The molecule has 128 valence electrons. The molecular weight excluding hydrogens is 310 g/mol. The number of fused-ring (bicyclic) bond motifs is 1. The van der Waals surface area contributed by atoms with Crippen molar-refractivity contribution < 1.29 is 20.2 Å². The number of hydrogen-bond acceptors (Lipinski definition) is 8. The maximum atomic E-state index is 11.5. The number of aryl methyl sites for hydroxylation is 1. The number of hydrogen-bond donors (Lipinski definition) is 7. The van der Waals surface area contributed by atoms with Gasteiger partial charge in [-0.15, -0.1) is 0 Å². The maximum absolute atomic E-state index is 11.5. The normalized spacial score (nSPS) is 10.4. The van der Waals surface area contributed by atoms with Crippen molar-refractivity contribution in [3.63, 3.8) is 0 Å². The monoisotopic (exact) mass is 329 g/mol. The number of nitrogen functional groups attached to an aromatic ring is 1. The number of hydroxylamine groups is 1. The fraction of sp³-hybridized carbons (Fsp3) is 0.455. The number of anilines is 1. The highest BCUT2D eigenvalue weighted by molar-refractivity contribution is 5.70. The van der Waals surface area contributed by atoms with Crippen LogP contribution in [0.25, 0.3) is 11.2 Å². The number of aromatic nitrogens is 4. The number of primary amides is 1. The minimum atomic E-state index is -0.940. The van der Waals surface area contributed by atoms with Crippen molar-refractivity contribution in [1.29, 1.82) is 0 Å². The highest BCUT2D eigenvalue weighted by atomic mass is 16.5. The van der Waals surface area contributed by atoms with Gasteiger partial charge in [-0.25, -0.2) is 15.3 Å². The van der Waals surface area contributed by atoms with E-state index in [9.17, 15) is 9.59 Å². The molecule has 2 amide bonds. The van der Waals surface area contributed by atoms with Crippen molar-refractivity contribution in [3.05, 3.63) is 16.7 Å². The fourth-order valence-electron chi connectivity index (χ4n) is 1.70. The second kappa shape index (κ2) is 8.67. The Morgan fingerprint density at radius 3 is 2.57 bits per heavy atom. The van der Waals surface area contributed by atoms with E-state index in [1.807, 2.05) is 0 Å². The number of amides is 2. The number of rotatable bonds is 5. The van der Waals surface area contributed by atoms with Crippen LogP contribution in [-0.2, 0) is 6.54 Å². The Hall–Kier alpha value is -2.70. The lowest BCUT2D eigenvalue weighted by molar-refractivity contribution is 0.140. The van der Waals surface area contributed by atoms with Crippen LogP contribution in [0, 0.1) is 5.92 Å². The first kappa shape index (κ1) is 18.3. The number of urea groups is 1. The van der Waals surface area contributed by atoms with Gasteiger partial charge in [0.05, 0.1) is 6.33 Å². The lowest BCUT2D eigenvalue weighted by atomic mass is 10.1. The molecule has 0 aliphatic heterocycles. The van der Waals surface area contributed by atoms with Gasteiger partial charge in [0.15, 0.2) is 11.2 Å². The van der Waals surface area contributed by atoms with Gasteiger partial charge < -0.3 is 26.2 Å². The molecule has 9 N–H and O–H groups in total. The molecule has 0 bridgehead atoms. The van der Waals surface area contributed by atoms with Gasteiger partial charge >= 0.3 is 6.03 Å². The standard InChI is InChI=1S/C10H15N5O3.CH4N2O2/c11-10-13-8-7(9(18)14-10)12-5-15(8)2-1-6(3-16)4-17;2-1(4)3-5/h5-6,16-17H,1-4H2,(H3,11,13,14,18);5H,(H3,2,3,4). The van der Waals surface area contributed by atoms with Gasteiger partial charge in [0, 0.05) is 25.7 Å². The third-order valence-electron chi connectivity index (χ3n) is 2.90. The van der Waals surface area contributed by atoms with Crippen LogP contribution in [0.2, 0.25) is 0 Å². The van der Waals surface area contributed by atoms with E-state index in [-0.39, 0.29) is 36.2 Å². The SMILES string of the molecule is NC(=O)NO.Nc1nc2c(ncn2CCC(CO)CO)c(=O)[nH]1. The summed E-state index contributed by atoms with van der Waals surface area (Å²) >= 11 is 0. The van der Waals surface area contributed by atoms with Crippen LogP contribution in [0.15, 0.2) is 11.1 Å². The molecule has 2 heterocycles. The number of carbonyl (C=O) groups excluding carboxylic acids is 1. The van der Waals surface area contributed by atoms with Crippen LogP contribution in [-0.4, -0.2) is 54.2 Å². The third kappa shape index (κ3) is 5.21. The summed E-state index contributed by atoms with van der Waals surface area (Å²) in [6.45, 7) is 0.330. The Morgan fingerprint density at radius 2 is 2.04 bits per heavy atom. The topological polar surface area (TPSA) is 205 Å². The van der Waals surface area contributed by atoms with Crippen LogP contribution in [0.1, 0.15) is 6.42 Å². The second-order valence-corrected chi connectivity index (χ2v) is 4.56. The summed E-state index contributed by atoms with van der Waals surface area (Å²) in [5.41, 5.74) is 11.2. The van der Waals surface area contributed by atoms with Gasteiger partial charge in [0.2, 0.25) is 5.95 Å². The minimum Gasteiger partial charge on any atom is -0.396 e. The van der Waals surface area contributed by atoms with Crippen molar-refractivity contribution in [3.8, 4) is 0 Å². The van der Waals surface area contributed by atoms with Crippen molar-refractivity contribution in [1.82, 2.24) is 25.0 Å². The zero-order chi connectivity index (χ0) is 17.4. The molecule has 0 aliphatic carbocycles. The molecule has 0 saturated heterocycles. The molecule has 2 aromatic heterocycles. The summed E-state index contributed by atoms with van der Waals surface area (Å²) in [6, 6.07) is -0.940. The average Bonchev–Trinajstić information content (AvgIpc) is 2.92. The van der Waals surface area contributed by atoms with E-state index in [4.69, 9.17) is 21.2 Å². The van der Waals surface area contributed by atoms with E-state index in [2.05, 4.69) is 20.7 Å². The number of nitrogens with zero attached hydrogens (tertiary/aromatic N) is 3. The smallest absolute Gasteiger partial charge is 0.335 e. The maximum Gasteiger partial charge on any atom is 0.335 e. The molecule has 0 saturated carbocycles. The molecule has 0 radical (unpaired) electrons. The molecule has 0 unspecified atom stereocenters. The van der Waals surface area contributed by atoms with E-state index in [0.29, 0.717) is 18.6 Å². The number of aliphatic hydroxyl groups is 2. The molecule has 0 fully saturated rings. The molecule has 0 aliphatic rings. The van der Waals surface area contributed by atoms with E-state index in [1.165, 1.54) is 11.8 Å². The summed E-state index contributed by atoms with van der Waals surface area (Å²) in [6.07, 6.45) is 2.06. The van der Waals surface area contributed by atoms with Crippen molar-refractivity contribution >= 4 is 23.1 Å². The molecular formula is C11H19N7O5. The minimum absolute atomic E-state index is 0.0371. The molecule has 0 aromatic carbocycles. The predicted octanol–water partition coefficient (Wildman–Crippen LogP) is -2.26. The molecule has 12 heteroatoms. The van der Waals surface area contributed by atoms with Gasteiger partial charge in [-0.2, -0.15) is 4.98 Å². The van der Waals surface area contributed by atoms with Gasteiger partial charge in [-0.3, -0.25) is 15.0 Å². The Balaban J connectivity index is 0.000000463. The Morgan fingerprint density at radius 1 is 1.43 bits per heavy atom. The third-order valence-corrected chi connectivity index (χ3v) is 2.90. The molecule has 12 nitrogen and oxygen atoms in total. The van der Waals surface area contributed by atoms with Gasteiger partial charge in [0.1, 0.15) is 0 Å². The second-order valence-electron chi connectivity index (χ2n) is 4.56. The van der Waals surface area contributed by atoms with Gasteiger partial charge in [-0.05, 0) is 6.42 Å². The Kier molecular flexibility index (Phi) is 6.92. The van der Waals surface area contributed by atoms with Crippen LogP contribution in [0.4, 0.5) is 10.7 Å². The molecule has 2 rings (SSSR count). The zero-order valence-electron chi connectivity index (χ0n) is 12.1. The Labute approximate surface area is 129 Å². The van der Waals surface area contributed by atoms with Crippen molar-refractivity contribution in [2.45, 2.75) is 13.0 Å². The molecule has 0 atom stereocenters. The first-order chi connectivity index (χ1) is 10.9. The van der Waals surface area contributed by atoms with E-state index >= 15 is 0 Å². The van der Waals surface area contributed by atoms with Crippen LogP contribution < -0.4 is 22.5 Å². The number of nitrogens with one attached hydrogen (secondary N) is 2. The largest absolute Gasteiger partial charge is 0.396 e. The van der Waals surface area contributed by atoms with Gasteiger partial charge in [0.25, 0.3) is 5.56 Å². The number of H-pyrrole nitrogens is 1. The molecule has 2 aromatic rings. The lowest BCUT2D eigenvalue weighted by Gasteiger charge is -2.10. The van der Waals surface area contributed by atoms with Crippen LogP contribution in [0.5, 0.6) is 0 Å².